The number of carboxylic acid groups (broad SMARTS) is 1. The van der Waals surface area contributed by atoms with Gasteiger partial charge in [-0.1, -0.05) is 18.9 Å². The summed E-state index contributed by atoms with van der Waals surface area (Å²) >= 11 is 1.74. The van der Waals surface area contributed by atoms with Crippen LogP contribution in [-0.4, -0.2) is 28.1 Å². The number of aliphatic carboxylic acids is 1. The molecular weight excluding hydrogens is 258 g/mol. The molecule has 3 unspecified atom stereocenters. The summed E-state index contributed by atoms with van der Waals surface area (Å²) in [4.78, 5) is 15.1. The Balaban J connectivity index is 1.81. The molecule has 1 aliphatic heterocycles. The van der Waals surface area contributed by atoms with Crippen molar-refractivity contribution in [3.8, 4) is 0 Å². The van der Waals surface area contributed by atoms with Crippen molar-refractivity contribution in [1.82, 2.24) is 4.90 Å². The number of carboxylic acids is 1. The van der Waals surface area contributed by atoms with E-state index in [4.69, 9.17) is 0 Å². The molecule has 0 spiro atoms. The maximum atomic E-state index is 11.5. The van der Waals surface area contributed by atoms with Crippen LogP contribution in [0.5, 0.6) is 0 Å². The highest BCUT2D eigenvalue weighted by atomic mass is 32.1. The minimum Gasteiger partial charge on any atom is -0.480 e. The van der Waals surface area contributed by atoms with Crippen molar-refractivity contribution in [1.29, 1.82) is 0 Å². The van der Waals surface area contributed by atoms with Crippen LogP contribution in [0.25, 0.3) is 0 Å². The average Bonchev–Trinajstić information content (AvgIpc) is 2.92. The molecule has 1 aromatic rings. The second-order valence-electron chi connectivity index (χ2n) is 5.79. The molecule has 0 radical (unpaired) electrons. The van der Waals surface area contributed by atoms with E-state index >= 15 is 0 Å². The second kappa shape index (κ2) is 5.63. The SMILES string of the molecule is O=C(O)C1CCC2CCCCC2N1Cc1cccs1. The number of fused-ring (bicyclic) bond motifs is 1. The second-order valence-corrected chi connectivity index (χ2v) is 6.83. The van der Waals surface area contributed by atoms with Gasteiger partial charge >= 0.3 is 5.97 Å². The van der Waals surface area contributed by atoms with E-state index in [0.29, 0.717) is 6.04 Å². The molecule has 3 rings (SSSR count). The Labute approximate surface area is 118 Å². The molecule has 1 aromatic heterocycles. The number of piperidine rings is 1. The van der Waals surface area contributed by atoms with Crippen LogP contribution in [0.4, 0.5) is 0 Å². The van der Waals surface area contributed by atoms with Gasteiger partial charge in [-0.2, -0.15) is 0 Å². The number of hydrogen-bond donors (Lipinski definition) is 1. The van der Waals surface area contributed by atoms with Crippen molar-refractivity contribution < 1.29 is 9.90 Å². The first-order chi connectivity index (χ1) is 9.25. The fraction of sp³-hybridized carbons (Fsp3) is 0.667. The Hall–Kier alpha value is -0.870. The van der Waals surface area contributed by atoms with E-state index in [1.165, 1.54) is 30.6 Å². The summed E-state index contributed by atoms with van der Waals surface area (Å²) in [5.41, 5.74) is 0. The van der Waals surface area contributed by atoms with Crippen LogP contribution in [0.15, 0.2) is 17.5 Å². The van der Waals surface area contributed by atoms with Gasteiger partial charge in [0.2, 0.25) is 0 Å². The van der Waals surface area contributed by atoms with E-state index in [2.05, 4.69) is 22.4 Å². The van der Waals surface area contributed by atoms with Gasteiger partial charge in [-0.3, -0.25) is 9.69 Å². The Bertz CT molecular complexity index is 431. The monoisotopic (exact) mass is 279 g/mol. The number of nitrogens with zero attached hydrogens (tertiary/aromatic N) is 1. The molecule has 3 nitrogen and oxygen atoms in total. The zero-order valence-electron chi connectivity index (χ0n) is 11.1. The van der Waals surface area contributed by atoms with E-state index in [1.54, 1.807) is 11.3 Å². The van der Waals surface area contributed by atoms with Crippen LogP contribution in [-0.2, 0) is 11.3 Å². The maximum Gasteiger partial charge on any atom is 0.320 e. The Morgan fingerprint density at radius 1 is 1.32 bits per heavy atom. The zero-order chi connectivity index (χ0) is 13.2. The summed E-state index contributed by atoms with van der Waals surface area (Å²) in [6.45, 7) is 0.815. The number of rotatable bonds is 3. The third-order valence-corrected chi connectivity index (χ3v) is 5.57. The van der Waals surface area contributed by atoms with Gasteiger partial charge in [-0.05, 0) is 43.0 Å². The number of likely N-dealkylation sites (tertiary alicyclic amines) is 1. The largest absolute Gasteiger partial charge is 0.480 e. The summed E-state index contributed by atoms with van der Waals surface area (Å²) in [6.07, 6.45) is 6.97. The van der Waals surface area contributed by atoms with Crippen LogP contribution >= 0.6 is 11.3 Å². The van der Waals surface area contributed by atoms with Crippen LogP contribution in [0.1, 0.15) is 43.4 Å². The number of hydrogen-bond acceptors (Lipinski definition) is 3. The quantitative estimate of drug-likeness (QED) is 0.922. The van der Waals surface area contributed by atoms with Gasteiger partial charge in [0.25, 0.3) is 0 Å². The van der Waals surface area contributed by atoms with E-state index in [9.17, 15) is 9.90 Å². The highest BCUT2D eigenvalue weighted by Crippen LogP contribution is 2.39. The lowest BCUT2D eigenvalue weighted by Crippen LogP contribution is -2.54. The fourth-order valence-electron chi connectivity index (χ4n) is 3.81. The van der Waals surface area contributed by atoms with Gasteiger partial charge in [0.05, 0.1) is 0 Å². The predicted molar refractivity (Wildman–Crippen MR) is 76.3 cm³/mol. The maximum absolute atomic E-state index is 11.5. The minimum absolute atomic E-state index is 0.276. The first-order valence-corrected chi connectivity index (χ1v) is 8.14. The summed E-state index contributed by atoms with van der Waals surface area (Å²) in [5.74, 6) is 0.0879. The molecule has 1 aliphatic carbocycles. The predicted octanol–water partition coefficient (Wildman–Crippen LogP) is 3.36. The van der Waals surface area contributed by atoms with Crippen LogP contribution in [0, 0.1) is 5.92 Å². The average molecular weight is 279 g/mol. The lowest BCUT2D eigenvalue weighted by atomic mass is 9.76. The Morgan fingerprint density at radius 3 is 2.89 bits per heavy atom. The molecule has 19 heavy (non-hydrogen) atoms. The summed E-state index contributed by atoms with van der Waals surface area (Å²) < 4.78 is 0. The van der Waals surface area contributed by atoms with Crippen molar-refractivity contribution in [2.45, 2.75) is 57.2 Å². The molecule has 0 aromatic carbocycles. The molecule has 2 aliphatic rings. The lowest BCUT2D eigenvalue weighted by molar-refractivity contribution is -0.148. The van der Waals surface area contributed by atoms with E-state index < -0.39 is 5.97 Å². The van der Waals surface area contributed by atoms with E-state index in [1.807, 2.05) is 0 Å². The zero-order valence-corrected chi connectivity index (χ0v) is 11.9. The normalized spacial score (nSPS) is 31.9. The number of thiophene rings is 1. The molecule has 2 heterocycles. The van der Waals surface area contributed by atoms with Gasteiger partial charge in [-0.15, -0.1) is 11.3 Å². The smallest absolute Gasteiger partial charge is 0.320 e. The van der Waals surface area contributed by atoms with Crippen LogP contribution in [0.2, 0.25) is 0 Å². The Morgan fingerprint density at radius 2 is 2.16 bits per heavy atom. The molecule has 4 heteroatoms. The van der Waals surface area contributed by atoms with E-state index in [0.717, 1.165) is 25.3 Å². The van der Waals surface area contributed by atoms with Gasteiger partial charge < -0.3 is 5.11 Å². The molecule has 1 saturated heterocycles. The van der Waals surface area contributed by atoms with E-state index in [-0.39, 0.29) is 6.04 Å². The standard InChI is InChI=1S/C15H21NO2S/c17-15(18)14-8-7-11-4-1-2-6-13(11)16(14)10-12-5-3-9-19-12/h3,5,9,11,13-14H,1-2,4,6-8,10H2,(H,17,18). The first-order valence-electron chi connectivity index (χ1n) is 7.26. The summed E-state index contributed by atoms with van der Waals surface area (Å²) in [5, 5.41) is 11.6. The Kier molecular flexibility index (Phi) is 3.89. The van der Waals surface area contributed by atoms with Crippen molar-refractivity contribution in [3.63, 3.8) is 0 Å². The molecule has 104 valence electrons. The van der Waals surface area contributed by atoms with Crippen molar-refractivity contribution in [3.05, 3.63) is 22.4 Å². The molecule has 1 saturated carbocycles. The van der Waals surface area contributed by atoms with Gasteiger partial charge in [0, 0.05) is 17.5 Å². The molecule has 3 atom stereocenters. The van der Waals surface area contributed by atoms with Crippen molar-refractivity contribution >= 4 is 17.3 Å². The van der Waals surface area contributed by atoms with Crippen molar-refractivity contribution in [2.24, 2.45) is 5.92 Å². The van der Waals surface area contributed by atoms with Gasteiger partial charge in [0.1, 0.15) is 6.04 Å². The molecular formula is C15H21NO2S. The molecule has 0 bridgehead atoms. The third kappa shape index (κ3) is 2.70. The highest BCUT2D eigenvalue weighted by Gasteiger charge is 2.41. The first kappa shape index (κ1) is 13.1. The van der Waals surface area contributed by atoms with Crippen LogP contribution in [0.3, 0.4) is 0 Å². The number of carbonyl (C=O) groups is 1. The highest BCUT2D eigenvalue weighted by molar-refractivity contribution is 7.09. The molecule has 2 fully saturated rings. The van der Waals surface area contributed by atoms with Crippen molar-refractivity contribution in [2.75, 3.05) is 0 Å². The fourth-order valence-corrected chi connectivity index (χ4v) is 4.52. The molecule has 1 N–H and O–H groups in total. The lowest BCUT2D eigenvalue weighted by Gasteiger charge is -2.47. The third-order valence-electron chi connectivity index (χ3n) is 4.71. The topological polar surface area (TPSA) is 40.5 Å². The van der Waals surface area contributed by atoms with Crippen LogP contribution < -0.4 is 0 Å². The summed E-state index contributed by atoms with van der Waals surface area (Å²) in [6, 6.07) is 4.39. The summed E-state index contributed by atoms with van der Waals surface area (Å²) in [7, 11) is 0. The molecule has 0 amide bonds. The van der Waals surface area contributed by atoms with Gasteiger partial charge in [-0.25, -0.2) is 0 Å². The van der Waals surface area contributed by atoms with Gasteiger partial charge in [0.15, 0.2) is 0 Å². The minimum atomic E-state index is -0.638.